The highest BCUT2D eigenvalue weighted by Gasteiger charge is 2.58. The van der Waals surface area contributed by atoms with Crippen LogP contribution >= 0.6 is 8.03 Å². The summed E-state index contributed by atoms with van der Waals surface area (Å²) in [6.07, 6.45) is 2.70. The van der Waals surface area contributed by atoms with Gasteiger partial charge in [0, 0.05) is 7.11 Å². The molecular weight excluding hydrogens is 349 g/mol. The van der Waals surface area contributed by atoms with E-state index in [0.717, 1.165) is 0 Å². The van der Waals surface area contributed by atoms with Crippen LogP contribution in [0.5, 0.6) is 0 Å². The maximum absolute atomic E-state index is 12.5. The molecule has 0 spiro atoms. The summed E-state index contributed by atoms with van der Waals surface area (Å²) in [6, 6.07) is 0. The van der Waals surface area contributed by atoms with Gasteiger partial charge in [-0.3, -0.25) is 9.53 Å². The van der Waals surface area contributed by atoms with Crippen molar-refractivity contribution in [3.8, 4) is 0 Å². The molecule has 2 rings (SSSR count). The van der Waals surface area contributed by atoms with E-state index in [0.29, 0.717) is 11.2 Å². The number of fused-ring (bicyclic) bond motifs is 1. The first-order valence-corrected chi connectivity index (χ1v) is 8.53. The fourth-order valence-corrected chi connectivity index (χ4v) is 2.83. The van der Waals surface area contributed by atoms with E-state index in [1.54, 1.807) is 20.8 Å². The molecule has 0 fully saturated rings. The van der Waals surface area contributed by atoms with Crippen LogP contribution < -0.4 is 5.73 Å². The minimum Gasteiger partial charge on any atom is -0.387 e. The molecule has 0 amide bonds. The smallest absolute Gasteiger partial charge is 0.387 e. The number of carbonyl (C=O) groups excluding carboxylic acids is 1. The first kappa shape index (κ1) is 19.2. The highest BCUT2D eigenvalue weighted by Crippen LogP contribution is 2.44. The lowest BCUT2D eigenvalue weighted by Crippen LogP contribution is -2.41. The molecule has 0 radical (unpaired) electrons. The molecule has 0 bridgehead atoms. The third-order valence-corrected chi connectivity index (χ3v) is 4.73. The Hall–Kier alpha value is -2.16. The number of ether oxygens (including phenoxy) is 2. The molecule has 10 nitrogen and oxygen atoms in total. The van der Waals surface area contributed by atoms with Crippen LogP contribution in [-0.2, 0) is 29.9 Å². The van der Waals surface area contributed by atoms with Crippen molar-refractivity contribution in [2.45, 2.75) is 32.8 Å². The topological polar surface area (TPSA) is 131 Å². The summed E-state index contributed by atoms with van der Waals surface area (Å²) in [6.45, 7) is 4.88. The Labute approximate surface area is 145 Å². The van der Waals surface area contributed by atoms with Gasteiger partial charge in [-0.25, -0.2) is 15.0 Å². The SMILES string of the molecule is CO[P+](=O)C(Cn1cnc2c(N)ncnc21)(OC)OC(=O)C(C)(C)C. The van der Waals surface area contributed by atoms with Crippen LogP contribution in [0.25, 0.3) is 11.2 Å². The Morgan fingerprint density at radius 1 is 1.28 bits per heavy atom. The van der Waals surface area contributed by atoms with Crippen LogP contribution in [0.1, 0.15) is 20.8 Å². The zero-order chi connectivity index (χ0) is 18.8. The molecule has 2 unspecified atom stereocenters. The molecule has 2 N–H and O–H groups in total. The lowest BCUT2D eigenvalue weighted by atomic mass is 9.97. The summed E-state index contributed by atoms with van der Waals surface area (Å²) >= 11 is 0. The van der Waals surface area contributed by atoms with Crippen molar-refractivity contribution in [3.05, 3.63) is 12.7 Å². The van der Waals surface area contributed by atoms with Crippen LogP contribution in [-0.4, -0.2) is 45.2 Å². The Morgan fingerprint density at radius 3 is 2.52 bits per heavy atom. The van der Waals surface area contributed by atoms with E-state index in [-0.39, 0.29) is 12.4 Å². The molecule has 2 aromatic rings. The molecule has 0 aliphatic rings. The van der Waals surface area contributed by atoms with Crippen LogP contribution in [0.2, 0.25) is 0 Å². The number of rotatable bonds is 6. The van der Waals surface area contributed by atoms with E-state index in [4.69, 9.17) is 19.7 Å². The fourth-order valence-electron chi connectivity index (χ4n) is 1.97. The summed E-state index contributed by atoms with van der Waals surface area (Å²) in [5.41, 5.74) is 3.86. The largest absolute Gasteiger partial charge is 0.591 e. The Balaban J connectivity index is 2.46. The minimum atomic E-state index is -2.51. The van der Waals surface area contributed by atoms with Crippen molar-refractivity contribution >= 4 is 31.0 Å². The molecule has 2 heterocycles. The highest BCUT2D eigenvalue weighted by molar-refractivity contribution is 7.40. The van der Waals surface area contributed by atoms with E-state index in [9.17, 15) is 9.36 Å². The predicted octanol–water partition coefficient (Wildman–Crippen LogP) is 1.69. The second kappa shape index (κ2) is 6.99. The van der Waals surface area contributed by atoms with Crippen molar-refractivity contribution in [1.29, 1.82) is 0 Å². The van der Waals surface area contributed by atoms with Crippen molar-refractivity contribution in [2.24, 2.45) is 5.41 Å². The van der Waals surface area contributed by atoms with Crippen LogP contribution in [0.4, 0.5) is 5.82 Å². The van der Waals surface area contributed by atoms with Gasteiger partial charge < -0.3 is 15.0 Å². The van der Waals surface area contributed by atoms with Crippen LogP contribution in [0.3, 0.4) is 0 Å². The van der Waals surface area contributed by atoms with E-state index >= 15 is 0 Å². The predicted molar refractivity (Wildman–Crippen MR) is 89.6 cm³/mol. The average molecular weight is 370 g/mol. The monoisotopic (exact) mass is 370 g/mol. The van der Waals surface area contributed by atoms with Gasteiger partial charge in [0.2, 0.25) is 0 Å². The van der Waals surface area contributed by atoms with Gasteiger partial charge in [0.1, 0.15) is 18.4 Å². The lowest BCUT2D eigenvalue weighted by molar-refractivity contribution is -0.201. The third kappa shape index (κ3) is 3.76. The van der Waals surface area contributed by atoms with E-state index in [1.165, 1.54) is 31.4 Å². The fraction of sp³-hybridized carbons (Fsp3) is 0.571. The Bertz CT molecular complexity index is 802. The highest BCUT2D eigenvalue weighted by atomic mass is 31.1. The quantitative estimate of drug-likeness (QED) is 0.458. The molecule has 25 heavy (non-hydrogen) atoms. The second-order valence-corrected chi connectivity index (χ2v) is 7.86. The normalized spacial score (nSPS) is 15.0. The maximum Gasteiger partial charge on any atom is 0.591 e. The van der Waals surface area contributed by atoms with Gasteiger partial charge in [0.15, 0.2) is 11.5 Å². The molecule has 0 saturated heterocycles. The number of nitrogen functional groups attached to an aromatic ring is 1. The molecule has 11 heteroatoms. The number of nitrogens with two attached hydrogens (primary N) is 1. The van der Waals surface area contributed by atoms with Gasteiger partial charge in [0.05, 0.1) is 18.9 Å². The van der Waals surface area contributed by atoms with Gasteiger partial charge in [0.25, 0.3) is 0 Å². The number of hydrogen-bond donors (Lipinski definition) is 1. The third-order valence-electron chi connectivity index (χ3n) is 3.43. The maximum atomic E-state index is 12.5. The number of anilines is 1. The number of hydrogen-bond acceptors (Lipinski definition) is 9. The van der Waals surface area contributed by atoms with E-state index in [2.05, 4.69) is 15.0 Å². The van der Waals surface area contributed by atoms with Gasteiger partial charge in [-0.2, -0.15) is 0 Å². The number of nitrogens with zero attached hydrogens (tertiary/aromatic N) is 4. The average Bonchev–Trinajstić information content (AvgIpc) is 2.96. The number of aromatic nitrogens is 4. The van der Waals surface area contributed by atoms with Gasteiger partial charge in [-0.15, -0.1) is 4.52 Å². The standard InChI is InChI=1S/C14H21N5O5P/c1-13(2,3)12(20)24-14(22-4,25(21)23-5)6-19-8-18-9-10(15)16-7-17-11(9)19/h7-8H,6H2,1-5H3,(H2,15,16,17)/q+1. The Morgan fingerprint density at radius 2 is 1.96 bits per heavy atom. The molecule has 136 valence electrons. The molecular formula is C14H21N5O5P+. The first-order chi connectivity index (χ1) is 11.6. The minimum absolute atomic E-state index is 0.151. The van der Waals surface area contributed by atoms with Gasteiger partial charge in [-0.05, 0) is 25.3 Å². The zero-order valence-electron chi connectivity index (χ0n) is 14.7. The summed E-state index contributed by atoms with van der Waals surface area (Å²) in [7, 11) is 0.00987. The molecule has 0 aliphatic heterocycles. The van der Waals surface area contributed by atoms with Crippen molar-refractivity contribution in [3.63, 3.8) is 0 Å². The summed E-state index contributed by atoms with van der Waals surface area (Å²) in [5, 5.41) is 0. The van der Waals surface area contributed by atoms with Crippen molar-refractivity contribution in [1.82, 2.24) is 19.5 Å². The summed E-state index contributed by atoms with van der Waals surface area (Å²) < 4.78 is 29.7. The van der Waals surface area contributed by atoms with Crippen molar-refractivity contribution in [2.75, 3.05) is 20.0 Å². The van der Waals surface area contributed by atoms with Gasteiger partial charge in [-0.1, -0.05) is 0 Å². The number of esters is 1. The Kier molecular flexibility index (Phi) is 5.36. The molecule has 0 aromatic carbocycles. The summed E-state index contributed by atoms with van der Waals surface area (Å²) in [4.78, 5) is 24.5. The molecule has 0 saturated carbocycles. The first-order valence-electron chi connectivity index (χ1n) is 7.36. The molecule has 2 atom stereocenters. The lowest BCUT2D eigenvalue weighted by Gasteiger charge is -2.25. The number of carbonyl (C=O) groups is 1. The number of methoxy groups -OCH3 is 1. The molecule has 2 aromatic heterocycles. The van der Waals surface area contributed by atoms with Crippen molar-refractivity contribution < 1.29 is 23.4 Å². The second-order valence-electron chi connectivity index (χ2n) is 6.30. The zero-order valence-corrected chi connectivity index (χ0v) is 15.6. The van der Waals surface area contributed by atoms with Crippen LogP contribution in [0, 0.1) is 5.41 Å². The van der Waals surface area contributed by atoms with E-state index in [1.807, 2.05) is 0 Å². The summed E-state index contributed by atoms with van der Waals surface area (Å²) in [5.74, 6) is -0.386. The number of imidazole rings is 1. The van der Waals surface area contributed by atoms with Crippen LogP contribution in [0.15, 0.2) is 12.7 Å². The molecule has 0 aliphatic carbocycles. The van der Waals surface area contributed by atoms with E-state index < -0.39 is 24.9 Å². The van der Waals surface area contributed by atoms with Gasteiger partial charge >= 0.3 is 19.5 Å².